The van der Waals surface area contributed by atoms with Gasteiger partial charge in [-0.25, -0.2) is 0 Å². The molecule has 0 saturated carbocycles. The number of ether oxygens (including phenoxy) is 1. The van der Waals surface area contributed by atoms with Crippen molar-refractivity contribution in [1.82, 2.24) is 9.80 Å². The number of hydrogen-bond donors (Lipinski definition) is 1. The first kappa shape index (κ1) is 19.4. The van der Waals surface area contributed by atoms with Crippen molar-refractivity contribution in [1.29, 1.82) is 0 Å². The second-order valence-corrected chi connectivity index (χ2v) is 6.46. The van der Waals surface area contributed by atoms with Crippen molar-refractivity contribution in [2.24, 2.45) is 0 Å². The number of nitrogens with zero attached hydrogens (tertiary/aromatic N) is 2. The first-order valence-electron chi connectivity index (χ1n) is 8.90. The third-order valence-corrected chi connectivity index (χ3v) is 4.68. The number of aliphatic carboxylic acids is 1. The molecule has 0 spiro atoms. The summed E-state index contributed by atoms with van der Waals surface area (Å²) in [5, 5.41) is 8.96. The number of carbonyl (C=O) groups excluding carboxylic acids is 1. The zero-order valence-corrected chi connectivity index (χ0v) is 15.1. The molecule has 1 aliphatic rings. The number of amides is 1. The summed E-state index contributed by atoms with van der Waals surface area (Å²) in [7, 11) is 1.84. The maximum atomic E-state index is 13.0. The van der Waals surface area contributed by atoms with E-state index in [-0.39, 0.29) is 18.5 Å². The van der Waals surface area contributed by atoms with Crippen LogP contribution in [0.1, 0.15) is 37.9 Å². The fourth-order valence-electron chi connectivity index (χ4n) is 3.35. The Hall–Kier alpha value is -1.92. The minimum atomic E-state index is -0.819. The topological polar surface area (TPSA) is 70.1 Å². The van der Waals surface area contributed by atoms with Crippen LogP contribution in [-0.4, -0.2) is 66.1 Å². The largest absolute Gasteiger partial charge is 0.480 e. The Labute approximate surface area is 149 Å². The van der Waals surface area contributed by atoms with Crippen LogP contribution in [0.4, 0.5) is 0 Å². The molecular weight excluding hydrogens is 320 g/mol. The summed E-state index contributed by atoms with van der Waals surface area (Å²) < 4.78 is 5.73. The van der Waals surface area contributed by atoms with Crippen LogP contribution < -0.4 is 0 Å². The van der Waals surface area contributed by atoms with Gasteiger partial charge < -0.3 is 14.7 Å². The lowest BCUT2D eigenvalue weighted by Gasteiger charge is -2.27. The highest BCUT2D eigenvalue weighted by Crippen LogP contribution is 2.23. The number of carboxylic acids is 1. The van der Waals surface area contributed by atoms with Gasteiger partial charge in [0.1, 0.15) is 0 Å². The van der Waals surface area contributed by atoms with E-state index >= 15 is 0 Å². The molecule has 6 heteroatoms. The summed E-state index contributed by atoms with van der Waals surface area (Å²) in [5.74, 6) is -0.824. The molecule has 0 bridgehead atoms. The van der Waals surface area contributed by atoms with E-state index in [1.54, 1.807) is 0 Å². The van der Waals surface area contributed by atoms with Crippen LogP contribution >= 0.6 is 0 Å². The summed E-state index contributed by atoms with van der Waals surface area (Å²) in [6.45, 7) is 3.71. The maximum absolute atomic E-state index is 13.0. The molecule has 1 N–H and O–H groups in total. The normalized spacial score (nSPS) is 19.5. The van der Waals surface area contributed by atoms with Gasteiger partial charge in [-0.15, -0.1) is 0 Å². The lowest BCUT2D eigenvalue weighted by molar-refractivity contribution is -0.144. The number of benzene rings is 1. The van der Waals surface area contributed by atoms with Gasteiger partial charge in [-0.1, -0.05) is 30.3 Å². The molecule has 0 aliphatic carbocycles. The van der Waals surface area contributed by atoms with Gasteiger partial charge in [-0.3, -0.25) is 14.5 Å². The number of carbonyl (C=O) groups is 2. The van der Waals surface area contributed by atoms with E-state index in [2.05, 4.69) is 0 Å². The zero-order valence-electron chi connectivity index (χ0n) is 15.1. The standard InChI is InChI=1S/C19H28N2O4/c1-3-25-18(15-8-5-4-6-9-15)19(24)21-12-7-10-16(11-13-21)20(2)14-17(22)23/h4-6,8-9,16,18H,3,7,10-14H2,1-2H3,(H,22,23). The zero-order chi connectivity index (χ0) is 18.2. The van der Waals surface area contributed by atoms with Gasteiger partial charge in [0.15, 0.2) is 6.10 Å². The van der Waals surface area contributed by atoms with E-state index in [1.165, 1.54) is 0 Å². The van der Waals surface area contributed by atoms with Gasteiger partial charge in [-0.05, 0) is 38.8 Å². The fourth-order valence-corrected chi connectivity index (χ4v) is 3.35. The van der Waals surface area contributed by atoms with Gasteiger partial charge in [0.25, 0.3) is 5.91 Å². The highest BCUT2D eigenvalue weighted by atomic mass is 16.5. The fraction of sp³-hybridized carbons (Fsp3) is 0.579. The molecule has 25 heavy (non-hydrogen) atoms. The Balaban J connectivity index is 2.02. The molecular formula is C19H28N2O4. The molecule has 138 valence electrons. The number of rotatable bonds is 7. The molecule has 2 unspecified atom stereocenters. The Morgan fingerprint density at radius 3 is 2.64 bits per heavy atom. The average molecular weight is 348 g/mol. The SMILES string of the molecule is CCOC(C(=O)N1CCCC(N(C)CC(=O)O)CC1)c1ccccc1. The van der Waals surface area contributed by atoms with Crippen LogP contribution in [0.2, 0.25) is 0 Å². The number of likely N-dealkylation sites (tertiary alicyclic amines) is 1. The van der Waals surface area contributed by atoms with Crippen molar-refractivity contribution in [2.75, 3.05) is 33.3 Å². The first-order chi connectivity index (χ1) is 12.0. The Bertz CT molecular complexity index is 564. The Kier molecular flexibility index (Phi) is 7.40. The average Bonchev–Trinajstić information content (AvgIpc) is 2.85. The van der Waals surface area contributed by atoms with E-state index in [1.807, 2.05) is 54.1 Å². The van der Waals surface area contributed by atoms with Crippen molar-refractivity contribution >= 4 is 11.9 Å². The number of carboxylic acid groups (broad SMARTS) is 1. The molecule has 1 aliphatic heterocycles. The molecule has 6 nitrogen and oxygen atoms in total. The van der Waals surface area contributed by atoms with E-state index in [9.17, 15) is 9.59 Å². The molecule has 1 saturated heterocycles. The smallest absolute Gasteiger partial charge is 0.317 e. The van der Waals surface area contributed by atoms with E-state index < -0.39 is 12.1 Å². The van der Waals surface area contributed by atoms with Gasteiger partial charge in [-0.2, -0.15) is 0 Å². The summed E-state index contributed by atoms with van der Waals surface area (Å²) >= 11 is 0. The molecule has 1 heterocycles. The van der Waals surface area contributed by atoms with Crippen molar-refractivity contribution in [3.05, 3.63) is 35.9 Å². The molecule has 1 fully saturated rings. The van der Waals surface area contributed by atoms with Crippen LogP contribution in [0.3, 0.4) is 0 Å². The van der Waals surface area contributed by atoms with Gasteiger partial charge in [0.2, 0.25) is 0 Å². The predicted molar refractivity (Wildman–Crippen MR) is 95.3 cm³/mol. The van der Waals surface area contributed by atoms with Crippen LogP contribution in [0.5, 0.6) is 0 Å². The first-order valence-corrected chi connectivity index (χ1v) is 8.90. The molecule has 2 atom stereocenters. The molecule has 0 aromatic heterocycles. The van der Waals surface area contributed by atoms with Crippen LogP contribution in [0, 0.1) is 0 Å². The lowest BCUT2D eigenvalue weighted by Crippen LogP contribution is -2.39. The van der Waals surface area contributed by atoms with Crippen molar-refractivity contribution < 1.29 is 19.4 Å². The van der Waals surface area contributed by atoms with Crippen LogP contribution in [-0.2, 0) is 14.3 Å². The van der Waals surface area contributed by atoms with Crippen molar-refractivity contribution in [3.8, 4) is 0 Å². The minimum absolute atomic E-state index is 0.00501. The quantitative estimate of drug-likeness (QED) is 0.818. The molecule has 1 aromatic rings. The molecule has 2 rings (SSSR count). The van der Waals surface area contributed by atoms with Crippen molar-refractivity contribution in [2.45, 2.75) is 38.3 Å². The molecule has 1 amide bonds. The summed E-state index contributed by atoms with van der Waals surface area (Å²) in [5.41, 5.74) is 0.873. The summed E-state index contributed by atoms with van der Waals surface area (Å²) in [4.78, 5) is 27.6. The number of likely N-dealkylation sites (N-methyl/N-ethyl adjacent to an activating group) is 1. The summed E-state index contributed by atoms with van der Waals surface area (Å²) in [6.07, 6.45) is 1.98. The van der Waals surface area contributed by atoms with E-state index in [0.717, 1.165) is 24.8 Å². The predicted octanol–water partition coefficient (Wildman–Crippen LogP) is 2.16. The lowest BCUT2D eigenvalue weighted by atomic mass is 10.1. The number of hydrogen-bond acceptors (Lipinski definition) is 4. The summed E-state index contributed by atoms with van der Waals surface area (Å²) in [6, 6.07) is 9.77. The third-order valence-electron chi connectivity index (χ3n) is 4.68. The minimum Gasteiger partial charge on any atom is -0.480 e. The molecule has 0 radical (unpaired) electrons. The highest BCUT2D eigenvalue weighted by molar-refractivity contribution is 5.82. The van der Waals surface area contributed by atoms with Crippen LogP contribution in [0.15, 0.2) is 30.3 Å². The van der Waals surface area contributed by atoms with E-state index in [0.29, 0.717) is 19.7 Å². The third kappa shape index (κ3) is 5.54. The highest BCUT2D eigenvalue weighted by Gasteiger charge is 2.29. The van der Waals surface area contributed by atoms with E-state index in [4.69, 9.17) is 9.84 Å². The Morgan fingerprint density at radius 2 is 2.00 bits per heavy atom. The molecule has 1 aromatic carbocycles. The van der Waals surface area contributed by atoms with Crippen LogP contribution in [0.25, 0.3) is 0 Å². The second kappa shape index (κ2) is 9.53. The monoisotopic (exact) mass is 348 g/mol. The van der Waals surface area contributed by atoms with Crippen molar-refractivity contribution in [3.63, 3.8) is 0 Å². The Morgan fingerprint density at radius 1 is 1.28 bits per heavy atom. The van der Waals surface area contributed by atoms with Gasteiger partial charge in [0, 0.05) is 25.7 Å². The van der Waals surface area contributed by atoms with Gasteiger partial charge >= 0.3 is 5.97 Å². The maximum Gasteiger partial charge on any atom is 0.317 e. The second-order valence-electron chi connectivity index (χ2n) is 6.46. The van der Waals surface area contributed by atoms with Gasteiger partial charge in [0.05, 0.1) is 6.54 Å².